The molecule has 1 atom stereocenters. The van der Waals surface area contributed by atoms with Crippen LogP contribution in [0.15, 0.2) is 29.2 Å². The van der Waals surface area contributed by atoms with Crippen molar-refractivity contribution in [3.05, 3.63) is 34.7 Å². The highest BCUT2D eigenvalue weighted by atomic mass is 32.2. The van der Waals surface area contributed by atoms with Gasteiger partial charge in [-0.05, 0) is 49.0 Å². The van der Waals surface area contributed by atoms with Crippen LogP contribution < -0.4 is 4.90 Å². The van der Waals surface area contributed by atoms with E-state index in [2.05, 4.69) is 24.0 Å². The third kappa shape index (κ3) is 5.01. The molecule has 5 nitrogen and oxygen atoms in total. The average Bonchev–Trinajstić information content (AvgIpc) is 2.98. The van der Waals surface area contributed by atoms with Gasteiger partial charge in [0.05, 0.1) is 4.91 Å². The number of thiocarbonyl (C=S) groups is 1. The van der Waals surface area contributed by atoms with Gasteiger partial charge in [-0.3, -0.25) is 9.69 Å². The van der Waals surface area contributed by atoms with Crippen LogP contribution >= 0.6 is 24.0 Å². The lowest BCUT2D eigenvalue weighted by Gasteiger charge is -2.33. The first-order valence-electron chi connectivity index (χ1n) is 10.3. The van der Waals surface area contributed by atoms with E-state index in [4.69, 9.17) is 12.2 Å². The number of amides is 1. The maximum Gasteiger partial charge on any atom is 0.326 e. The van der Waals surface area contributed by atoms with Crippen molar-refractivity contribution in [2.45, 2.75) is 52.0 Å². The fourth-order valence-electron chi connectivity index (χ4n) is 4.04. The molecule has 7 heteroatoms. The second kappa shape index (κ2) is 9.76. The van der Waals surface area contributed by atoms with Gasteiger partial charge in [-0.1, -0.05) is 62.8 Å². The van der Waals surface area contributed by atoms with Crippen LogP contribution in [-0.2, 0) is 9.59 Å². The first-order chi connectivity index (χ1) is 13.9. The molecule has 2 aliphatic rings. The Labute approximate surface area is 182 Å². The van der Waals surface area contributed by atoms with Gasteiger partial charge in [-0.25, -0.2) is 4.79 Å². The van der Waals surface area contributed by atoms with Crippen molar-refractivity contribution in [2.75, 3.05) is 18.0 Å². The summed E-state index contributed by atoms with van der Waals surface area (Å²) < 4.78 is 0.307. The SMILES string of the molecule is CCCC1CCN(c2ccc(/C=C3\SC(=S)N(C(CC)C(=O)O)C3=O)cc2)CC1. The van der Waals surface area contributed by atoms with Crippen molar-refractivity contribution in [1.29, 1.82) is 0 Å². The molecular weight excluding hydrogens is 404 g/mol. The molecule has 2 aliphatic heterocycles. The fraction of sp³-hybridized carbons (Fsp3) is 0.500. The Balaban J connectivity index is 1.68. The molecule has 1 amide bonds. The summed E-state index contributed by atoms with van der Waals surface area (Å²) in [6.07, 6.45) is 7.20. The average molecular weight is 433 g/mol. The standard InChI is InChI=1S/C22H28N2O3S2/c1-3-5-15-10-12-23(13-11-15)17-8-6-16(7-9-17)14-19-20(25)24(22(28)29-19)18(4-2)21(26)27/h6-9,14-15,18H,3-5,10-13H2,1-2H3,(H,26,27)/b19-14-. The molecule has 3 rings (SSSR count). The zero-order valence-electron chi connectivity index (χ0n) is 17.0. The largest absolute Gasteiger partial charge is 0.480 e. The van der Waals surface area contributed by atoms with Crippen molar-refractivity contribution in [3.63, 3.8) is 0 Å². The number of aliphatic carboxylic acids is 1. The molecular formula is C22H28N2O3S2. The molecule has 1 N–H and O–H groups in total. The summed E-state index contributed by atoms with van der Waals surface area (Å²) >= 11 is 6.43. The highest BCUT2D eigenvalue weighted by Crippen LogP contribution is 2.35. The number of benzene rings is 1. The Bertz CT molecular complexity index is 799. The number of piperidine rings is 1. The number of rotatable bonds is 7. The minimum atomic E-state index is -1.03. The molecule has 2 heterocycles. The summed E-state index contributed by atoms with van der Waals surface area (Å²) in [7, 11) is 0. The van der Waals surface area contributed by atoms with Gasteiger partial charge in [0.25, 0.3) is 5.91 Å². The fourth-order valence-corrected chi connectivity index (χ4v) is 5.39. The predicted octanol–water partition coefficient (Wildman–Crippen LogP) is 4.77. The Morgan fingerprint density at radius 1 is 1.28 bits per heavy atom. The molecule has 0 saturated carbocycles. The van der Waals surface area contributed by atoms with Crippen LogP contribution in [0.3, 0.4) is 0 Å². The van der Waals surface area contributed by atoms with Crippen molar-refractivity contribution in [1.82, 2.24) is 4.90 Å². The number of anilines is 1. The molecule has 0 bridgehead atoms. The van der Waals surface area contributed by atoms with Gasteiger partial charge in [0.1, 0.15) is 10.4 Å². The molecule has 0 aromatic heterocycles. The highest BCUT2D eigenvalue weighted by molar-refractivity contribution is 8.26. The number of nitrogens with zero attached hydrogens (tertiary/aromatic N) is 2. The van der Waals surface area contributed by atoms with E-state index < -0.39 is 12.0 Å². The molecule has 29 heavy (non-hydrogen) atoms. The monoisotopic (exact) mass is 432 g/mol. The van der Waals surface area contributed by atoms with E-state index in [1.165, 1.54) is 48.0 Å². The molecule has 1 aromatic rings. The van der Waals surface area contributed by atoms with E-state index in [0.717, 1.165) is 24.6 Å². The molecule has 0 spiro atoms. The molecule has 0 aliphatic carbocycles. The van der Waals surface area contributed by atoms with Crippen LogP contribution in [0.1, 0.15) is 51.5 Å². The van der Waals surface area contributed by atoms with Gasteiger partial charge in [-0.2, -0.15) is 0 Å². The Morgan fingerprint density at radius 3 is 2.48 bits per heavy atom. The molecule has 2 saturated heterocycles. The third-order valence-corrected chi connectivity index (χ3v) is 7.00. The Kier molecular flexibility index (Phi) is 7.35. The molecule has 156 valence electrons. The van der Waals surface area contributed by atoms with Crippen LogP contribution in [0.5, 0.6) is 0 Å². The van der Waals surface area contributed by atoms with Crippen molar-refractivity contribution in [3.8, 4) is 0 Å². The van der Waals surface area contributed by atoms with Gasteiger partial charge in [-0.15, -0.1) is 0 Å². The minimum Gasteiger partial charge on any atom is -0.480 e. The lowest BCUT2D eigenvalue weighted by Crippen LogP contribution is -2.43. The van der Waals surface area contributed by atoms with E-state index in [0.29, 0.717) is 15.6 Å². The highest BCUT2D eigenvalue weighted by Gasteiger charge is 2.39. The van der Waals surface area contributed by atoms with Gasteiger partial charge in [0.15, 0.2) is 0 Å². The summed E-state index contributed by atoms with van der Waals surface area (Å²) in [6, 6.07) is 7.30. The Morgan fingerprint density at radius 2 is 1.93 bits per heavy atom. The van der Waals surface area contributed by atoms with Gasteiger partial charge >= 0.3 is 5.97 Å². The maximum atomic E-state index is 12.7. The minimum absolute atomic E-state index is 0.307. The lowest BCUT2D eigenvalue weighted by atomic mass is 9.92. The number of carbonyl (C=O) groups excluding carboxylic acids is 1. The van der Waals surface area contributed by atoms with E-state index in [-0.39, 0.29) is 5.91 Å². The number of carbonyl (C=O) groups is 2. The van der Waals surface area contributed by atoms with E-state index in [1.54, 1.807) is 13.0 Å². The van der Waals surface area contributed by atoms with Gasteiger partial charge in [0.2, 0.25) is 0 Å². The smallest absolute Gasteiger partial charge is 0.326 e. The van der Waals surface area contributed by atoms with Crippen LogP contribution in [0.25, 0.3) is 6.08 Å². The second-order valence-corrected chi connectivity index (χ2v) is 9.30. The van der Waals surface area contributed by atoms with Crippen LogP contribution in [-0.4, -0.2) is 45.3 Å². The quantitative estimate of drug-likeness (QED) is 0.495. The lowest BCUT2D eigenvalue weighted by molar-refractivity contribution is -0.145. The zero-order valence-corrected chi connectivity index (χ0v) is 18.6. The summed E-state index contributed by atoms with van der Waals surface area (Å²) in [5.74, 6) is -0.497. The van der Waals surface area contributed by atoms with Crippen molar-refractivity contribution in [2.24, 2.45) is 5.92 Å². The number of hydrogen-bond donors (Lipinski definition) is 1. The van der Waals surface area contributed by atoms with Gasteiger partial charge < -0.3 is 10.0 Å². The molecule has 1 unspecified atom stereocenters. The topological polar surface area (TPSA) is 60.9 Å². The molecule has 0 radical (unpaired) electrons. The number of carboxylic acids is 1. The summed E-state index contributed by atoms with van der Waals surface area (Å²) in [5, 5.41) is 9.36. The van der Waals surface area contributed by atoms with Crippen molar-refractivity contribution < 1.29 is 14.7 Å². The van der Waals surface area contributed by atoms with Crippen LogP contribution in [0, 0.1) is 5.92 Å². The zero-order chi connectivity index (χ0) is 21.0. The molecule has 1 aromatic carbocycles. The van der Waals surface area contributed by atoms with Crippen molar-refractivity contribution >= 4 is 51.9 Å². The maximum absolute atomic E-state index is 12.7. The van der Waals surface area contributed by atoms with E-state index >= 15 is 0 Å². The van der Waals surface area contributed by atoms with Gasteiger partial charge in [0, 0.05) is 18.8 Å². The second-order valence-electron chi connectivity index (χ2n) is 7.62. The molecule has 2 fully saturated rings. The third-order valence-electron chi connectivity index (χ3n) is 5.67. The normalized spacial score (nSPS) is 20.6. The number of carboxylic acid groups (broad SMARTS) is 1. The summed E-state index contributed by atoms with van der Waals surface area (Å²) in [4.78, 5) is 28.3. The predicted molar refractivity (Wildman–Crippen MR) is 123 cm³/mol. The van der Waals surface area contributed by atoms with Crippen LogP contribution in [0.2, 0.25) is 0 Å². The first kappa shape index (κ1) is 21.8. The van der Waals surface area contributed by atoms with E-state index in [9.17, 15) is 14.7 Å². The first-order valence-corrected chi connectivity index (χ1v) is 11.5. The summed E-state index contributed by atoms with van der Waals surface area (Å²) in [6.45, 7) is 6.18. The number of thioether (sulfide) groups is 1. The van der Waals surface area contributed by atoms with E-state index in [1.807, 2.05) is 12.1 Å². The number of hydrogen-bond acceptors (Lipinski definition) is 5. The van der Waals surface area contributed by atoms with Crippen LogP contribution in [0.4, 0.5) is 5.69 Å². The Hall–Kier alpha value is -1.86. The summed E-state index contributed by atoms with van der Waals surface area (Å²) in [5.41, 5.74) is 2.13.